The van der Waals surface area contributed by atoms with E-state index in [-0.39, 0.29) is 0 Å². The molecule has 4 heteroatoms. The third kappa shape index (κ3) is 1.81. The zero-order valence-corrected chi connectivity index (χ0v) is 10.9. The van der Waals surface area contributed by atoms with E-state index >= 15 is 0 Å². The van der Waals surface area contributed by atoms with Gasteiger partial charge in [-0.25, -0.2) is 0 Å². The van der Waals surface area contributed by atoms with Gasteiger partial charge in [-0.2, -0.15) is 0 Å². The number of hydrogen-bond donors (Lipinski definition) is 2. The van der Waals surface area contributed by atoms with Crippen LogP contribution in [0.2, 0.25) is 0 Å². The van der Waals surface area contributed by atoms with Gasteiger partial charge >= 0.3 is 0 Å². The highest BCUT2D eigenvalue weighted by molar-refractivity contribution is 5.99. The number of nitrogens with one attached hydrogen (secondary N) is 1. The number of aromatic amines is 1. The first-order chi connectivity index (χ1) is 9.20. The molecule has 0 fully saturated rings. The van der Waals surface area contributed by atoms with E-state index in [1.165, 1.54) is 0 Å². The standard InChI is InChI=1S/C15H15N3O/c1-9-6-12(16)14-11(15(9)19-2)7-13(18-14)10-4-3-5-17-8-10/h3-8,18H,16H2,1-2H3. The number of rotatable bonds is 2. The molecule has 4 nitrogen and oxygen atoms in total. The average Bonchev–Trinajstić information content (AvgIpc) is 2.85. The second kappa shape index (κ2) is 4.31. The summed E-state index contributed by atoms with van der Waals surface area (Å²) in [5, 5.41) is 0.999. The average molecular weight is 253 g/mol. The zero-order valence-electron chi connectivity index (χ0n) is 10.9. The van der Waals surface area contributed by atoms with Crippen molar-refractivity contribution in [2.75, 3.05) is 12.8 Å². The highest BCUT2D eigenvalue weighted by Gasteiger charge is 2.12. The minimum Gasteiger partial charge on any atom is -0.496 e. The van der Waals surface area contributed by atoms with Crippen LogP contribution in [-0.2, 0) is 0 Å². The van der Waals surface area contributed by atoms with Crippen LogP contribution in [0.4, 0.5) is 5.69 Å². The molecule has 3 rings (SSSR count). The highest BCUT2D eigenvalue weighted by atomic mass is 16.5. The molecule has 0 saturated heterocycles. The quantitative estimate of drug-likeness (QED) is 0.690. The van der Waals surface area contributed by atoms with Crippen molar-refractivity contribution in [2.45, 2.75) is 6.92 Å². The Morgan fingerprint density at radius 1 is 1.32 bits per heavy atom. The Labute approximate surface area is 111 Å². The predicted molar refractivity (Wildman–Crippen MR) is 77.2 cm³/mol. The Kier molecular flexibility index (Phi) is 2.63. The summed E-state index contributed by atoms with van der Waals surface area (Å²) in [5.41, 5.74) is 10.7. The number of fused-ring (bicyclic) bond motifs is 1. The minimum atomic E-state index is 0.725. The Hall–Kier alpha value is -2.49. The van der Waals surface area contributed by atoms with Crippen LogP contribution < -0.4 is 10.5 Å². The number of ether oxygens (including phenoxy) is 1. The first-order valence-electron chi connectivity index (χ1n) is 6.07. The molecule has 0 bridgehead atoms. The molecule has 0 saturated carbocycles. The van der Waals surface area contributed by atoms with E-state index < -0.39 is 0 Å². The van der Waals surface area contributed by atoms with Crippen molar-refractivity contribution in [1.29, 1.82) is 0 Å². The summed E-state index contributed by atoms with van der Waals surface area (Å²) in [6.07, 6.45) is 3.57. The summed E-state index contributed by atoms with van der Waals surface area (Å²) in [6.45, 7) is 1.99. The second-order valence-electron chi connectivity index (χ2n) is 4.53. The number of hydrogen-bond acceptors (Lipinski definition) is 3. The van der Waals surface area contributed by atoms with Crippen molar-refractivity contribution in [2.24, 2.45) is 0 Å². The summed E-state index contributed by atoms with van der Waals surface area (Å²) < 4.78 is 5.47. The van der Waals surface area contributed by atoms with Crippen LogP contribution in [0.15, 0.2) is 36.7 Å². The lowest BCUT2D eigenvalue weighted by Crippen LogP contribution is -1.92. The van der Waals surface area contributed by atoms with Crippen molar-refractivity contribution >= 4 is 16.6 Å². The number of anilines is 1. The van der Waals surface area contributed by atoms with E-state index in [1.54, 1.807) is 13.3 Å². The smallest absolute Gasteiger partial charge is 0.131 e. The lowest BCUT2D eigenvalue weighted by Gasteiger charge is -2.07. The first-order valence-corrected chi connectivity index (χ1v) is 6.07. The number of benzene rings is 1. The molecule has 2 aromatic heterocycles. The lowest BCUT2D eigenvalue weighted by molar-refractivity contribution is 0.417. The fourth-order valence-corrected chi connectivity index (χ4v) is 2.39. The van der Waals surface area contributed by atoms with E-state index in [2.05, 4.69) is 16.0 Å². The summed E-state index contributed by atoms with van der Waals surface area (Å²) in [6, 6.07) is 7.89. The largest absolute Gasteiger partial charge is 0.496 e. The maximum Gasteiger partial charge on any atom is 0.131 e. The van der Waals surface area contributed by atoms with E-state index in [9.17, 15) is 0 Å². The molecule has 96 valence electrons. The zero-order chi connectivity index (χ0) is 13.4. The Bertz CT molecular complexity index is 732. The third-order valence-electron chi connectivity index (χ3n) is 3.26. The number of H-pyrrole nitrogens is 1. The number of nitrogens with zero attached hydrogens (tertiary/aromatic N) is 1. The summed E-state index contributed by atoms with van der Waals surface area (Å²) >= 11 is 0. The van der Waals surface area contributed by atoms with Crippen molar-refractivity contribution in [1.82, 2.24) is 9.97 Å². The van der Waals surface area contributed by atoms with Gasteiger partial charge in [0.1, 0.15) is 5.75 Å². The molecule has 0 spiro atoms. The van der Waals surface area contributed by atoms with E-state index in [4.69, 9.17) is 10.5 Å². The van der Waals surface area contributed by atoms with Gasteiger partial charge in [0, 0.05) is 29.0 Å². The Balaban J connectivity index is 2.29. The minimum absolute atomic E-state index is 0.725. The summed E-state index contributed by atoms with van der Waals surface area (Å²) in [7, 11) is 1.68. The van der Waals surface area contributed by atoms with Crippen molar-refractivity contribution in [3.63, 3.8) is 0 Å². The van der Waals surface area contributed by atoms with Crippen LogP contribution in [0.25, 0.3) is 22.2 Å². The van der Waals surface area contributed by atoms with Crippen LogP contribution in [0.5, 0.6) is 5.75 Å². The van der Waals surface area contributed by atoms with Gasteiger partial charge in [0.15, 0.2) is 0 Å². The number of nitrogen functional groups attached to an aromatic ring is 1. The van der Waals surface area contributed by atoms with Gasteiger partial charge in [-0.1, -0.05) is 0 Å². The first kappa shape index (κ1) is 11.6. The van der Waals surface area contributed by atoms with Crippen LogP contribution in [0.1, 0.15) is 5.56 Å². The molecule has 0 amide bonds. The molecular formula is C15H15N3O. The number of aromatic nitrogens is 2. The topological polar surface area (TPSA) is 63.9 Å². The van der Waals surface area contributed by atoms with Crippen LogP contribution in [-0.4, -0.2) is 17.1 Å². The molecular weight excluding hydrogens is 238 g/mol. The van der Waals surface area contributed by atoms with Gasteiger partial charge in [-0.15, -0.1) is 0 Å². The van der Waals surface area contributed by atoms with Gasteiger partial charge in [-0.05, 0) is 36.8 Å². The van der Waals surface area contributed by atoms with Crippen molar-refractivity contribution in [3.05, 3.63) is 42.2 Å². The van der Waals surface area contributed by atoms with E-state index in [0.29, 0.717) is 0 Å². The molecule has 19 heavy (non-hydrogen) atoms. The van der Waals surface area contributed by atoms with Crippen LogP contribution in [0, 0.1) is 6.92 Å². The van der Waals surface area contributed by atoms with Crippen LogP contribution >= 0.6 is 0 Å². The molecule has 2 heterocycles. The molecule has 0 aliphatic rings. The van der Waals surface area contributed by atoms with Gasteiger partial charge in [0.2, 0.25) is 0 Å². The van der Waals surface area contributed by atoms with Crippen molar-refractivity contribution in [3.8, 4) is 17.0 Å². The Morgan fingerprint density at radius 3 is 2.84 bits per heavy atom. The second-order valence-corrected chi connectivity index (χ2v) is 4.53. The normalized spacial score (nSPS) is 10.8. The number of nitrogens with two attached hydrogens (primary N) is 1. The van der Waals surface area contributed by atoms with Gasteiger partial charge in [0.25, 0.3) is 0 Å². The summed E-state index contributed by atoms with van der Waals surface area (Å²) in [5.74, 6) is 0.857. The van der Waals surface area contributed by atoms with Crippen LogP contribution in [0.3, 0.4) is 0 Å². The number of pyridine rings is 1. The van der Waals surface area contributed by atoms with Gasteiger partial charge < -0.3 is 15.5 Å². The fourth-order valence-electron chi connectivity index (χ4n) is 2.39. The maximum absolute atomic E-state index is 6.07. The molecule has 0 aliphatic heterocycles. The molecule has 0 radical (unpaired) electrons. The molecule has 0 aliphatic carbocycles. The van der Waals surface area contributed by atoms with Gasteiger partial charge in [-0.3, -0.25) is 4.98 Å². The highest BCUT2D eigenvalue weighted by Crippen LogP contribution is 2.36. The monoisotopic (exact) mass is 253 g/mol. The number of aryl methyl sites for hydroxylation is 1. The Morgan fingerprint density at radius 2 is 2.16 bits per heavy atom. The predicted octanol–water partition coefficient (Wildman–Crippen LogP) is 3.13. The third-order valence-corrected chi connectivity index (χ3v) is 3.26. The van der Waals surface area contributed by atoms with Crippen molar-refractivity contribution < 1.29 is 4.74 Å². The lowest BCUT2D eigenvalue weighted by atomic mass is 10.1. The molecule has 0 unspecified atom stereocenters. The SMILES string of the molecule is COc1c(C)cc(N)c2[nH]c(-c3cccnc3)cc12. The van der Waals surface area contributed by atoms with E-state index in [1.807, 2.05) is 31.3 Å². The van der Waals surface area contributed by atoms with E-state index in [0.717, 1.165) is 39.2 Å². The number of methoxy groups -OCH3 is 1. The fraction of sp³-hybridized carbons (Fsp3) is 0.133. The molecule has 1 aromatic carbocycles. The van der Waals surface area contributed by atoms with Gasteiger partial charge in [0.05, 0.1) is 18.3 Å². The molecule has 3 aromatic rings. The summed E-state index contributed by atoms with van der Waals surface area (Å²) in [4.78, 5) is 7.47. The maximum atomic E-state index is 6.07. The molecule has 0 atom stereocenters. The molecule has 3 N–H and O–H groups in total.